The molecule has 0 radical (unpaired) electrons. The van der Waals surface area contributed by atoms with E-state index in [1.54, 1.807) is 5.38 Å². The third-order valence-corrected chi connectivity index (χ3v) is 3.35. The number of aromatic nitrogens is 1. The molecular formula is C11H14ClN3OS. The van der Waals surface area contributed by atoms with Crippen LogP contribution in [-0.4, -0.2) is 29.2 Å². The zero-order chi connectivity index (χ0) is 12.8. The second-order valence-electron chi connectivity index (χ2n) is 3.77. The number of carbonyl (C=O) groups excluding carboxylic acids is 1. The Labute approximate surface area is 110 Å². The van der Waals surface area contributed by atoms with Crippen molar-refractivity contribution in [2.45, 2.75) is 26.3 Å². The average molecular weight is 272 g/mol. The number of thiazole rings is 1. The van der Waals surface area contributed by atoms with Gasteiger partial charge in [0.05, 0.1) is 18.4 Å². The summed E-state index contributed by atoms with van der Waals surface area (Å²) in [4.78, 5) is 17.6. The lowest BCUT2D eigenvalue weighted by Crippen LogP contribution is -2.31. The molecule has 1 aromatic rings. The Morgan fingerprint density at radius 1 is 1.71 bits per heavy atom. The average Bonchev–Trinajstić information content (AvgIpc) is 2.77. The van der Waals surface area contributed by atoms with Crippen LogP contribution in [0.5, 0.6) is 0 Å². The normalized spacial score (nSPS) is 10.3. The second-order valence-corrected chi connectivity index (χ2v) is 4.87. The number of alkyl halides is 1. The molecule has 17 heavy (non-hydrogen) atoms. The van der Waals surface area contributed by atoms with Crippen LogP contribution < -0.4 is 4.90 Å². The van der Waals surface area contributed by atoms with Crippen LogP contribution in [0.25, 0.3) is 0 Å². The Morgan fingerprint density at radius 2 is 2.41 bits per heavy atom. The van der Waals surface area contributed by atoms with Crippen LogP contribution in [0.1, 0.15) is 30.8 Å². The molecule has 1 rings (SSSR count). The Bertz CT molecular complexity index is 425. The molecule has 0 aliphatic rings. The second kappa shape index (κ2) is 6.58. The van der Waals surface area contributed by atoms with E-state index < -0.39 is 0 Å². The zero-order valence-corrected chi connectivity index (χ0v) is 11.4. The largest absolute Gasteiger partial charge is 0.345 e. The SMILES string of the molecule is CC(C)N(CCC#N)c1nc(C(=O)CCl)cs1. The van der Waals surface area contributed by atoms with Crippen LogP contribution in [-0.2, 0) is 0 Å². The molecular weight excluding hydrogens is 258 g/mol. The third kappa shape index (κ3) is 3.69. The summed E-state index contributed by atoms with van der Waals surface area (Å²) in [6.07, 6.45) is 0.441. The molecule has 0 atom stereocenters. The number of halogens is 1. The minimum atomic E-state index is -0.168. The van der Waals surface area contributed by atoms with Crippen molar-refractivity contribution in [3.8, 4) is 6.07 Å². The highest BCUT2D eigenvalue weighted by atomic mass is 35.5. The molecule has 0 aliphatic heterocycles. The maximum absolute atomic E-state index is 11.4. The number of anilines is 1. The summed E-state index contributed by atoms with van der Waals surface area (Å²) in [6, 6.07) is 2.35. The van der Waals surface area contributed by atoms with Crippen molar-refractivity contribution in [3.63, 3.8) is 0 Å². The lowest BCUT2D eigenvalue weighted by Gasteiger charge is -2.24. The van der Waals surface area contributed by atoms with Gasteiger partial charge in [-0.1, -0.05) is 0 Å². The van der Waals surface area contributed by atoms with Crippen molar-refractivity contribution < 1.29 is 4.79 Å². The number of ketones is 1. The zero-order valence-electron chi connectivity index (χ0n) is 9.81. The molecule has 0 amide bonds. The number of rotatable bonds is 6. The summed E-state index contributed by atoms with van der Waals surface area (Å²) in [5.74, 6) is -0.221. The molecule has 0 unspecified atom stereocenters. The van der Waals surface area contributed by atoms with Gasteiger partial charge in [0.25, 0.3) is 0 Å². The van der Waals surface area contributed by atoms with E-state index >= 15 is 0 Å². The van der Waals surface area contributed by atoms with Gasteiger partial charge in [-0.3, -0.25) is 4.79 Å². The van der Waals surface area contributed by atoms with Crippen molar-refractivity contribution in [1.82, 2.24) is 4.98 Å². The first kappa shape index (κ1) is 13.9. The van der Waals surface area contributed by atoms with Crippen molar-refractivity contribution in [2.24, 2.45) is 0 Å². The first-order valence-electron chi connectivity index (χ1n) is 5.28. The van der Waals surface area contributed by atoms with Crippen LogP contribution in [0.4, 0.5) is 5.13 Å². The molecule has 0 spiro atoms. The van der Waals surface area contributed by atoms with E-state index in [0.29, 0.717) is 18.7 Å². The minimum Gasteiger partial charge on any atom is -0.345 e. The van der Waals surface area contributed by atoms with Crippen LogP contribution in [0.2, 0.25) is 0 Å². The summed E-state index contributed by atoms with van der Waals surface area (Å²) < 4.78 is 0. The molecule has 0 saturated heterocycles. The number of hydrogen-bond acceptors (Lipinski definition) is 5. The Hall–Kier alpha value is -1.12. The minimum absolute atomic E-state index is 0.0525. The number of hydrogen-bond donors (Lipinski definition) is 0. The topological polar surface area (TPSA) is 57.0 Å². The van der Waals surface area contributed by atoms with Gasteiger partial charge in [-0.25, -0.2) is 4.98 Å². The molecule has 0 fully saturated rings. The summed E-state index contributed by atoms with van der Waals surface area (Å²) in [5.41, 5.74) is 0.405. The highest BCUT2D eigenvalue weighted by Gasteiger charge is 2.16. The van der Waals surface area contributed by atoms with E-state index in [1.165, 1.54) is 11.3 Å². The molecule has 0 saturated carbocycles. The Balaban J connectivity index is 2.84. The first-order chi connectivity index (χ1) is 8.10. The Morgan fingerprint density at radius 3 is 2.94 bits per heavy atom. The van der Waals surface area contributed by atoms with Gasteiger partial charge in [-0.2, -0.15) is 5.26 Å². The van der Waals surface area contributed by atoms with Crippen molar-refractivity contribution >= 4 is 33.9 Å². The van der Waals surface area contributed by atoms with Crippen LogP contribution >= 0.6 is 22.9 Å². The maximum atomic E-state index is 11.4. The summed E-state index contributed by atoms with van der Waals surface area (Å²) in [6.45, 7) is 4.68. The van der Waals surface area contributed by atoms with Gasteiger partial charge in [0.1, 0.15) is 5.69 Å². The number of carbonyl (C=O) groups is 1. The van der Waals surface area contributed by atoms with E-state index in [-0.39, 0.29) is 17.7 Å². The molecule has 1 aromatic heterocycles. The fourth-order valence-corrected chi connectivity index (χ4v) is 2.46. The highest BCUT2D eigenvalue weighted by molar-refractivity contribution is 7.14. The van der Waals surface area contributed by atoms with Crippen LogP contribution in [0, 0.1) is 11.3 Å². The van der Waals surface area contributed by atoms with E-state index in [0.717, 1.165) is 5.13 Å². The van der Waals surface area contributed by atoms with Gasteiger partial charge in [-0.05, 0) is 13.8 Å². The van der Waals surface area contributed by atoms with Gasteiger partial charge in [0.2, 0.25) is 0 Å². The smallest absolute Gasteiger partial charge is 0.196 e. The predicted molar refractivity (Wildman–Crippen MR) is 69.9 cm³/mol. The van der Waals surface area contributed by atoms with Crippen LogP contribution in [0.3, 0.4) is 0 Å². The standard InChI is InChI=1S/C11H14ClN3OS/c1-8(2)15(5-3-4-13)11-14-9(7-17-11)10(16)6-12/h7-8H,3,5-6H2,1-2H3. The first-order valence-corrected chi connectivity index (χ1v) is 6.69. The molecule has 0 N–H and O–H groups in total. The van der Waals surface area contributed by atoms with Crippen molar-refractivity contribution in [3.05, 3.63) is 11.1 Å². The summed E-state index contributed by atoms with van der Waals surface area (Å²) in [5, 5.41) is 11.1. The van der Waals surface area contributed by atoms with Gasteiger partial charge < -0.3 is 4.90 Å². The fourth-order valence-electron chi connectivity index (χ4n) is 1.34. The van der Waals surface area contributed by atoms with Crippen molar-refractivity contribution in [1.29, 1.82) is 5.26 Å². The number of Topliss-reactive ketones (excluding diaryl/α,β-unsaturated/α-hetero) is 1. The van der Waals surface area contributed by atoms with E-state index in [9.17, 15) is 4.79 Å². The molecule has 4 nitrogen and oxygen atoms in total. The highest BCUT2D eigenvalue weighted by Crippen LogP contribution is 2.23. The third-order valence-electron chi connectivity index (χ3n) is 2.23. The molecule has 1 heterocycles. The molecule has 0 bridgehead atoms. The maximum Gasteiger partial charge on any atom is 0.196 e. The Kier molecular flexibility index (Phi) is 5.39. The van der Waals surface area contributed by atoms with Gasteiger partial charge >= 0.3 is 0 Å². The predicted octanol–water partition coefficient (Wildman–Crippen LogP) is 2.69. The van der Waals surface area contributed by atoms with Gasteiger partial charge in [0, 0.05) is 18.0 Å². The number of nitriles is 1. The van der Waals surface area contributed by atoms with E-state index in [1.807, 2.05) is 18.7 Å². The van der Waals surface area contributed by atoms with Gasteiger partial charge in [0.15, 0.2) is 10.9 Å². The number of nitrogens with zero attached hydrogens (tertiary/aromatic N) is 3. The lowest BCUT2D eigenvalue weighted by molar-refractivity contribution is 0.101. The fraction of sp³-hybridized carbons (Fsp3) is 0.545. The summed E-state index contributed by atoms with van der Waals surface area (Å²) in [7, 11) is 0. The quantitative estimate of drug-likeness (QED) is 0.590. The van der Waals surface area contributed by atoms with E-state index in [2.05, 4.69) is 11.1 Å². The molecule has 6 heteroatoms. The van der Waals surface area contributed by atoms with Gasteiger partial charge in [-0.15, -0.1) is 22.9 Å². The summed E-state index contributed by atoms with van der Waals surface area (Å²) >= 11 is 6.89. The monoisotopic (exact) mass is 271 g/mol. The lowest BCUT2D eigenvalue weighted by atomic mass is 10.3. The molecule has 0 aliphatic carbocycles. The van der Waals surface area contributed by atoms with Crippen molar-refractivity contribution in [2.75, 3.05) is 17.3 Å². The van der Waals surface area contributed by atoms with E-state index in [4.69, 9.17) is 16.9 Å². The molecule has 0 aromatic carbocycles. The van der Waals surface area contributed by atoms with Crippen LogP contribution in [0.15, 0.2) is 5.38 Å². The molecule has 92 valence electrons.